The third-order valence-electron chi connectivity index (χ3n) is 4.85. The van der Waals surface area contributed by atoms with Gasteiger partial charge >= 0.3 is 0 Å². The van der Waals surface area contributed by atoms with Crippen LogP contribution in [0.2, 0.25) is 5.15 Å². The Labute approximate surface area is 187 Å². The van der Waals surface area contributed by atoms with Crippen LogP contribution in [-0.2, 0) is 0 Å². The third-order valence-corrected chi connectivity index (χ3v) is 5.12. The molecule has 2 heterocycles. The van der Waals surface area contributed by atoms with Crippen molar-refractivity contribution in [3.63, 3.8) is 0 Å². The van der Waals surface area contributed by atoms with Gasteiger partial charge in [-0.2, -0.15) is 0 Å². The normalized spacial score (nSPS) is 15.9. The van der Waals surface area contributed by atoms with Gasteiger partial charge in [0.15, 0.2) is 28.4 Å². The Kier molecular flexibility index (Phi) is 10.7. The second-order valence-corrected chi connectivity index (χ2v) is 7.73. The number of nitrogen functional groups attached to an aromatic ring is 2. The van der Waals surface area contributed by atoms with Crippen LogP contribution in [-0.4, -0.2) is 65.9 Å². The number of halogens is 1. The summed E-state index contributed by atoms with van der Waals surface area (Å²) in [6.07, 6.45) is 6.52. The first-order valence-electron chi connectivity index (χ1n) is 10.5. The standard InChI is InChI=1S/C18H34ClN11O/c19-14-16(22)28-15(21)13(27-14)17(31)29-18(23)24-8-4-2-6-12-25-10-30(11-26-12)9-5-1-3-7-20/h12,25-26H,1-11,20H2,(H4,21,22,28)(H3,23,24,29,31). The van der Waals surface area contributed by atoms with E-state index in [4.69, 9.17) is 34.5 Å². The van der Waals surface area contributed by atoms with Gasteiger partial charge in [0.2, 0.25) is 0 Å². The lowest BCUT2D eigenvalue weighted by Crippen LogP contribution is -2.57. The summed E-state index contributed by atoms with van der Waals surface area (Å²) in [6, 6.07) is 0. The highest BCUT2D eigenvalue weighted by Gasteiger charge is 2.17. The average molecular weight is 456 g/mol. The molecule has 1 aliphatic rings. The number of nitrogens with zero attached hydrogens (tertiary/aromatic N) is 4. The van der Waals surface area contributed by atoms with Gasteiger partial charge in [0, 0.05) is 13.1 Å². The van der Waals surface area contributed by atoms with E-state index in [9.17, 15) is 4.79 Å². The fraction of sp³-hybridized carbons (Fsp3) is 0.667. The minimum absolute atomic E-state index is 0.0154. The van der Waals surface area contributed by atoms with E-state index in [0.717, 1.165) is 52.1 Å². The highest BCUT2D eigenvalue weighted by Crippen LogP contribution is 2.17. The van der Waals surface area contributed by atoms with Gasteiger partial charge in [-0.15, -0.1) is 0 Å². The van der Waals surface area contributed by atoms with Crippen LogP contribution >= 0.6 is 11.6 Å². The number of hydrogen-bond donors (Lipinski definition) is 7. The molecule has 0 spiro atoms. The highest BCUT2D eigenvalue weighted by atomic mass is 35.5. The Hall–Kier alpha value is -2.25. The Morgan fingerprint density at radius 3 is 2.58 bits per heavy atom. The minimum Gasteiger partial charge on any atom is -0.382 e. The van der Waals surface area contributed by atoms with E-state index in [2.05, 4.69) is 35.8 Å². The first kappa shape index (κ1) is 25.0. The van der Waals surface area contributed by atoms with Crippen molar-refractivity contribution >= 4 is 35.1 Å². The maximum atomic E-state index is 12.2. The molecule has 0 saturated carbocycles. The van der Waals surface area contributed by atoms with E-state index in [1.165, 1.54) is 12.8 Å². The van der Waals surface area contributed by atoms with E-state index >= 15 is 0 Å². The maximum absolute atomic E-state index is 12.2. The number of aromatic nitrogens is 2. The van der Waals surface area contributed by atoms with E-state index in [0.29, 0.717) is 6.54 Å². The number of nitrogens with one attached hydrogen (secondary N) is 3. The lowest BCUT2D eigenvalue weighted by Gasteiger charge is -2.34. The number of nitrogens with two attached hydrogens (primary N) is 4. The lowest BCUT2D eigenvalue weighted by atomic mass is 10.2. The molecular weight excluding hydrogens is 422 g/mol. The summed E-state index contributed by atoms with van der Waals surface area (Å²) in [6.45, 7) is 4.11. The number of carbonyl (C=O) groups excluding carboxylic acids is 1. The number of guanidine groups is 1. The molecule has 0 aromatic carbocycles. The van der Waals surface area contributed by atoms with Crippen LogP contribution in [0, 0.1) is 0 Å². The molecule has 12 nitrogen and oxygen atoms in total. The van der Waals surface area contributed by atoms with Gasteiger partial charge in [0.25, 0.3) is 5.91 Å². The molecule has 0 radical (unpaired) electrons. The minimum atomic E-state index is -0.642. The van der Waals surface area contributed by atoms with Crippen molar-refractivity contribution in [2.75, 3.05) is 44.4 Å². The van der Waals surface area contributed by atoms with E-state index in [1.54, 1.807) is 0 Å². The van der Waals surface area contributed by atoms with Gasteiger partial charge in [-0.25, -0.2) is 9.97 Å². The zero-order chi connectivity index (χ0) is 22.6. The summed E-state index contributed by atoms with van der Waals surface area (Å²) < 4.78 is 0. The van der Waals surface area contributed by atoms with Crippen molar-refractivity contribution in [2.24, 2.45) is 16.5 Å². The molecule has 1 amide bonds. The first-order chi connectivity index (χ1) is 14.9. The van der Waals surface area contributed by atoms with E-state index in [-0.39, 0.29) is 34.6 Å². The number of unbranched alkanes of at least 4 members (excludes halogenated alkanes) is 3. The number of amides is 1. The maximum Gasteiger partial charge on any atom is 0.280 e. The van der Waals surface area contributed by atoms with Crippen LogP contribution in [0.5, 0.6) is 0 Å². The molecule has 2 rings (SSSR count). The molecule has 0 atom stereocenters. The Bertz CT molecular complexity index is 737. The molecule has 1 saturated heterocycles. The molecule has 0 unspecified atom stereocenters. The van der Waals surface area contributed by atoms with E-state index in [1.807, 2.05) is 0 Å². The monoisotopic (exact) mass is 455 g/mol. The quantitative estimate of drug-likeness (QED) is 0.128. The first-order valence-corrected chi connectivity index (χ1v) is 10.9. The van der Waals surface area contributed by atoms with Gasteiger partial charge in [0.1, 0.15) is 0 Å². The lowest BCUT2D eigenvalue weighted by molar-refractivity contribution is 0.0972. The predicted molar refractivity (Wildman–Crippen MR) is 123 cm³/mol. The number of anilines is 2. The second-order valence-electron chi connectivity index (χ2n) is 7.37. The Morgan fingerprint density at radius 2 is 1.87 bits per heavy atom. The zero-order valence-electron chi connectivity index (χ0n) is 17.7. The van der Waals surface area contributed by atoms with Crippen molar-refractivity contribution in [3.8, 4) is 0 Å². The number of rotatable bonds is 11. The number of aliphatic imine (C=N–C) groups is 1. The molecule has 0 bridgehead atoms. The fourth-order valence-electron chi connectivity index (χ4n) is 3.11. The molecule has 1 aromatic heterocycles. The summed E-state index contributed by atoms with van der Waals surface area (Å²) in [5.41, 5.74) is 22.3. The molecule has 31 heavy (non-hydrogen) atoms. The number of hydrogen-bond acceptors (Lipinski definition) is 10. The second kappa shape index (κ2) is 13.2. The van der Waals surface area contributed by atoms with Gasteiger partial charge in [0.05, 0.1) is 19.5 Å². The van der Waals surface area contributed by atoms with Gasteiger partial charge < -0.3 is 22.9 Å². The summed E-state index contributed by atoms with van der Waals surface area (Å²) >= 11 is 5.78. The van der Waals surface area contributed by atoms with Crippen molar-refractivity contribution in [2.45, 2.75) is 44.7 Å². The van der Waals surface area contributed by atoms with Crippen molar-refractivity contribution in [3.05, 3.63) is 10.8 Å². The molecule has 174 valence electrons. The molecule has 13 heteroatoms. The predicted octanol–water partition coefficient (Wildman–Crippen LogP) is -0.626. The van der Waals surface area contributed by atoms with Crippen LogP contribution in [0.4, 0.5) is 11.6 Å². The van der Waals surface area contributed by atoms with Gasteiger partial charge in [-0.05, 0) is 38.6 Å². The highest BCUT2D eigenvalue weighted by molar-refractivity contribution is 6.31. The fourth-order valence-corrected chi connectivity index (χ4v) is 3.24. The Morgan fingerprint density at radius 1 is 1.13 bits per heavy atom. The van der Waals surface area contributed by atoms with Crippen LogP contribution in [0.25, 0.3) is 0 Å². The van der Waals surface area contributed by atoms with E-state index < -0.39 is 5.91 Å². The largest absolute Gasteiger partial charge is 0.382 e. The summed E-state index contributed by atoms with van der Waals surface area (Å²) in [5, 5.41) is 9.31. The Balaban J connectivity index is 1.61. The molecule has 1 aliphatic heterocycles. The van der Waals surface area contributed by atoms with Gasteiger partial charge in [-0.3, -0.25) is 30.6 Å². The molecule has 1 fully saturated rings. The summed E-state index contributed by atoms with van der Waals surface area (Å²) in [4.78, 5) is 26.3. The molecule has 1 aromatic rings. The smallest absolute Gasteiger partial charge is 0.280 e. The SMILES string of the molecule is NCCCCCN1CNC(CCCCN=C(N)NC(=O)c2nc(Cl)c(N)nc2N)NC1. The third kappa shape index (κ3) is 8.79. The van der Waals surface area contributed by atoms with Crippen LogP contribution in [0.15, 0.2) is 4.99 Å². The van der Waals surface area contributed by atoms with Crippen molar-refractivity contribution in [1.29, 1.82) is 0 Å². The van der Waals surface area contributed by atoms with Crippen molar-refractivity contribution in [1.82, 2.24) is 30.8 Å². The van der Waals surface area contributed by atoms with Crippen molar-refractivity contribution < 1.29 is 4.79 Å². The molecular formula is C18H34ClN11O. The summed E-state index contributed by atoms with van der Waals surface area (Å²) in [7, 11) is 0. The van der Waals surface area contributed by atoms with Crippen LogP contribution in [0.3, 0.4) is 0 Å². The number of carbonyl (C=O) groups is 1. The molecule has 0 aliphatic carbocycles. The van der Waals surface area contributed by atoms with Crippen LogP contribution in [0.1, 0.15) is 49.0 Å². The van der Waals surface area contributed by atoms with Gasteiger partial charge in [-0.1, -0.05) is 18.0 Å². The summed E-state index contributed by atoms with van der Waals surface area (Å²) in [5.74, 6) is -0.835. The molecule has 11 N–H and O–H groups in total. The topological polar surface area (TPSA) is 199 Å². The average Bonchev–Trinajstić information content (AvgIpc) is 2.74. The zero-order valence-corrected chi connectivity index (χ0v) is 18.5. The van der Waals surface area contributed by atoms with Crippen LogP contribution < -0.4 is 38.9 Å².